The van der Waals surface area contributed by atoms with E-state index < -0.39 is 0 Å². The van der Waals surface area contributed by atoms with Gasteiger partial charge in [0.1, 0.15) is 0 Å². The Bertz CT molecular complexity index is 529. The fraction of sp³-hybridized carbons (Fsp3) is 0.375. The van der Waals surface area contributed by atoms with Crippen molar-refractivity contribution in [1.82, 2.24) is 15.3 Å². The fourth-order valence-corrected chi connectivity index (χ4v) is 2.09. The zero-order chi connectivity index (χ0) is 14.2. The molecular weight excluding hydrogens is 250 g/mol. The van der Waals surface area contributed by atoms with E-state index in [9.17, 15) is 0 Å². The summed E-state index contributed by atoms with van der Waals surface area (Å²) in [4.78, 5) is 8.41. The summed E-state index contributed by atoms with van der Waals surface area (Å²) in [7, 11) is 1.94. The van der Waals surface area contributed by atoms with Gasteiger partial charge in [0.05, 0.1) is 6.61 Å². The SMILES string of the molecule is CNCc1cc(C)nc(OCCCc2ccncc2)c1. The number of hydrogen-bond acceptors (Lipinski definition) is 4. The third-order valence-electron chi connectivity index (χ3n) is 2.98. The molecular formula is C16H21N3O. The first-order chi connectivity index (χ1) is 9.78. The molecule has 4 heteroatoms. The Labute approximate surface area is 120 Å². The molecule has 4 nitrogen and oxygen atoms in total. The zero-order valence-electron chi connectivity index (χ0n) is 12.1. The van der Waals surface area contributed by atoms with Crippen LogP contribution in [0.4, 0.5) is 0 Å². The first kappa shape index (κ1) is 14.5. The van der Waals surface area contributed by atoms with Crippen LogP contribution < -0.4 is 10.1 Å². The van der Waals surface area contributed by atoms with Crippen molar-refractivity contribution in [1.29, 1.82) is 0 Å². The molecule has 2 rings (SSSR count). The Morgan fingerprint density at radius 3 is 2.70 bits per heavy atom. The highest BCUT2D eigenvalue weighted by atomic mass is 16.5. The predicted octanol–water partition coefficient (Wildman–Crippen LogP) is 2.52. The monoisotopic (exact) mass is 271 g/mol. The van der Waals surface area contributed by atoms with E-state index in [1.165, 1.54) is 11.1 Å². The molecule has 0 unspecified atom stereocenters. The van der Waals surface area contributed by atoms with Gasteiger partial charge in [0, 0.05) is 30.7 Å². The van der Waals surface area contributed by atoms with Gasteiger partial charge in [-0.2, -0.15) is 0 Å². The summed E-state index contributed by atoms with van der Waals surface area (Å²) < 4.78 is 5.74. The molecule has 0 aliphatic carbocycles. The molecule has 0 aliphatic rings. The van der Waals surface area contributed by atoms with E-state index in [-0.39, 0.29) is 0 Å². The molecule has 0 aromatic carbocycles. The van der Waals surface area contributed by atoms with E-state index in [1.54, 1.807) is 0 Å². The molecule has 2 aromatic heterocycles. The van der Waals surface area contributed by atoms with Crippen molar-refractivity contribution >= 4 is 0 Å². The molecule has 2 heterocycles. The lowest BCUT2D eigenvalue weighted by molar-refractivity contribution is 0.298. The van der Waals surface area contributed by atoms with Gasteiger partial charge in [0.15, 0.2) is 0 Å². The van der Waals surface area contributed by atoms with Gasteiger partial charge >= 0.3 is 0 Å². The molecule has 2 aromatic rings. The predicted molar refractivity (Wildman–Crippen MR) is 79.8 cm³/mol. The summed E-state index contributed by atoms with van der Waals surface area (Å²) in [6.07, 6.45) is 5.61. The van der Waals surface area contributed by atoms with Gasteiger partial charge in [-0.3, -0.25) is 4.98 Å². The number of aryl methyl sites for hydroxylation is 2. The van der Waals surface area contributed by atoms with E-state index in [1.807, 2.05) is 44.6 Å². The molecule has 1 N–H and O–H groups in total. The van der Waals surface area contributed by atoms with E-state index in [0.717, 1.165) is 25.1 Å². The van der Waals surface area contributed by atoms with E-state index in [2.05, 4.69) is 21.4 Å². The largest absolute Gasteiger partial charge is 0.478 e. The number of pyridine rings is 2. The molecule has 0 amide bonds. The summed E-state index contributed by atoms with van der Waals surface area (Å²) >= 11 is 0. The maximum atomic E-state index is 5.74. The van der Waals surface area contributed by atoms with Gasteiger partial charge < -0.3 is 10.1 Å². The molecule has 106 valence electrons. The summed E-state index contributed by atoms with van der Waals surface area (Å²) in [6.45, 7) is 3.50. The molecule has 0 spiro atoms. The smallest absolute Gasteiger partial charge is 0.213 e. The standard InChI is InChI=1S/C16H21N3O/c1-13-10-15(12-17-2)11-16(19-13)20-9-3-4-14-5-7-18-8-6-14/h5-8,10-11,17H,3-4,9,12H2,1-2H3. The van der Waals surface area contributed by atoms with Crippen LogP contribution in [0, 0.1) is 6.92 Å². The van der Waals surface area contributed by atoms with Gasteiger partial charge in [-0.15, -0.1) is 0 Å². The maximum absolute atomic E-state index is 5.74. The Morgan fingerprint density at radius 2 is 1.95 bits per heavy atom. The van der Waals surface area contributed by atoms with Crippen LogP contribution in [-0.2, 0) is 13.0 Å². The van der Waals surface area contributed by atoms with Crippen molar-refractivity contribution in [3.63, 3.8) is 0 Å². The molecule has 0 aliphatic heterocycles. The lowest BCUT2D eigenvalue weighted by Gasteiger charge is -2.08. The first-order valence-corrected chi connectivity index (χ1v) is 6.92. The van der Waals surface area contributed by atoms with Crippen LogP contribution >= 0.6 is 0 Å². The number of hydrogen-bond donors (Lipinski definition) is 1. The van der Waals surface area contributed by atoms with E-state index in [4.69, 9.17) is 4.74 Å². The van der Waals surface area contributed by atoms with Crippen LogP contribution in [0.15, 0.2) is 36.7 Å². The van der Waals surface area contributed by atoms with Crippen molar-refractivity contribution in [3.05, 3.63) is 53.5 Å². The summed E-state index contributed by atoms with van der Waals surface area (Å²) in [5.74, 6) is 0.713. The van der Waals surface area contributed by atoms with Gasteiger partial charge in [-0.25, -0.2) is 4.98 Å². The number of rotatable bonds is 7. The highest BCUT2D eigenvalue weighted by Gasteiger charge is 2.01. The third kappa shape index (κ3) is 4.63. The van der Waals surface area contributed by atoms with E-state index >= 15 is 0 Å². The van der Waals surface area contributed by atoms with Crippen molar-refractivity contribution in [2.75, 3.05) is 13.7 Å². The zero-order valence-corrected chi connectivity index (χ0v) is 12.1. The highest BCUT2D eigenvalue weighted by molar-refractivity contribution is 5.24. The van der Waals surface area contributed by atoms with Crippen LogP contribution in [0.1, 0.15) is 23.2 Å². The lowest BCUT2D eigenvalue weighted by Crippen LogP contribution is -2.07. The van der Waals surface area contributed by atoms with E-state index in [0.29, 0.717) is 12.5 Å². The number of nitrogens with one attached hydrogen (secondary N) is 1. The average Bonchev–Trinajstić information content (AvgIpc) is 2.45. The number of aromatic nitrogens is 2. The van der Waals surface area contributed by atoms with Crippen LogP contribution in [0.2, 0.25) is 0 Å². The molecule has 0 fully saturated rings. The minimum absolute atomic E-state index is 0.678. The van der Waals surface area contributed by atoms with Crippen molar-refractivity contribution in [2.45, 2.75) is 26.3 Å². The molecule has 0 radical (unpaired) electrons. The Morgan fingerprint density at radius 1 is 1.15 bits per heavy atom. The molecule has 0 saturated heterocycles. The summed E-state index contributed by atoms with van der Waals surface area (Å²) in [5, 5.41) is 3.14. The van der Waals surface area contributed by atoms with Crippen molar-refractivity contribution < 1.29 is 4.74 Å². The Kier molecular flexibility index (Phi) is 5.50. The second-order valence-corrected chi connectivity index (χ2v) is 4.79. The van der Waals surface area contributed by atoms with Gasteiger partial charge in [-0.1, -0.05) is 0 Å². The van der Waals surface area contributed by atoms with Gasteiger partial charge in [0.2, 0.25) is 5.88 Å². The minimum Gasteiger partial charge on any atom is -0.478 e. The van der Waals surface area contributed by atoms with Crippen molar-refractivity contribution in [2.24, 2.45) is 0 Å². The second-order valence-electron chi connectivity index (χ2n) is 4.79. The van der Waals surface area contributed by atoms with Crippen molar-refractivity contribution in [3.8, 4) is 5.88 Å². The highest BCUT2D eigenvalue weighted by Crippen LogP contribution is 2.13. The molecule has 20 heavy (non-hydrogen) atoms. The molecule has 0 bridgehead atoms. The summed E-state index contributed by atoms with van der Waals surface area (Å²) in [5.41, 5.74) is 3.47. The Hall–Kier alpha value is -1.94. The number of nitrogens with zero attached hydrogens (tertiary/aromatic N) is 2. The topological polar surface area (TPSA) is 47.0 Å². The number of ether oxygens (including phenoxy) is 1. The van der Waals surface area contributed by atoms with Crippen LogP contribution in [0.5, 0.6) is 5.88 Å². The fourth-order valence-electron chi connectivity index (χ4n) is 2.09. The van der Waals surface area contributed by atoms with Crippen LogP contribution in [-0.4, -0.2) is 23.6 Å². The molecule has 0 saturated carbocycles. The van der Waals surface area contributed by atoms with Crippen LogP contribution in [0.25, 0.3) is 0 Å². The lowest BCUT2D eigenvalue weighted by atomic mass is 10.1. The van der Waals surface area contributed by atoms with Crippen LogP contribution in [0.3, 0.4) is 0 Å². The normalized spacial score (nSPS) is 10.5. The van der Waals surface area contributed by atoms with Gasteiger partial charge in [-0.05, 0) is 56.1 Å². The first-order valence-electron chi connectivity index (χ1n) is 6.92. The quantitative estimate of drug-likeness (QED) is 0.786. The van der Waals surface area contributed by atoms with Gasteiger partial charge in [0.25, 0.3) is 0 Å². The maximum Gasteiger partial charge on any atom is 0.213 e. The third-order valence-corrected chi connectivity index (χ3v) is 2.98. The average molecular weight is 271 g/mol. The summed E-state index contributed by atoms with van der Waals surface area (Å²) in [6, 6.07) is 8.14. The minimum atomic E-state index is 0.678. The second kappa shape index (κ2) is 7.60. The molecule has 0 atom stereocenters. The Balaban J connectivity index is 1.81.